The van der Waals surface area contributed by atoms with Crippen molar-refractivity contribution in [1.82, 2.24) is 0 Å². The Morgan fingerprint density at radius 2 is 1.91 bits per heavy atom. The quantitative estimate of drug-likeness (QED) is 0.823. The molecule has 0 aliphatic carbocycles. The number of thiophene rings is 1. The highest BCUT2D eigenvalue weighted by Crippen LogP contribution is 2.29. The molecule has 0 aliphatic heterocycles. The van der Waals surface area contributed by atoms with Gasteiger partial charge in [-0.05, 0) is 31.5 Å². The van der Waals surface area contributed by atoms with Crippen molar-refractivity contribution in [1.29, 1.82) is 0 Å². The SMILES string of the molecule is CCc1cc(C(=O)OC)c(NC(=O)COc2ccc(C)cc2)s1. The second-order valence-corrected chi connectivity index (χ2v) is 6.09. The van der Waals surface area contributed by atoms with Gasteiger partial charge in [0.1, 0.15) is 10.8 Å². The summed E-state index contributed by atoms with van der Waals surface area (Å²) >= 11 is 1.37. The molecule has 1 amide bonds. The third-order valence-corrected chi connectivity index (χ3v) is 4.38. The van der Waals surface area contributed by atoms with Crippen LogP contribution in [0.15, 0.2) is 30.3 Å². The first-order valence-corrected chi connectivity index (χ1v) is 8.05. The van der Waals surface area contributed by atoms with Crippen molar-refractivity contribution in [2.24, 2.45) is 0 Å². The van der Waals surface area contributed by atoms with Crippen LogP contribution in [0.1, 0.15) is 27.7 Å². The fourth-order valence-corrected chi connectivity index (χ4v) is 2.92. The van der Waals surface area contributed by atoms with Gasteiger partial charge in [-0.15, -0.1) is 11.3 Å². The molecule has 2 rings (SSSR count). The molecule has 0 bridgehead atoms. The number of nitrogens with one attached hydrogen (secondary N) is 1. The highest BCUT2D eigenvalue weighted by atomic mass is 32.1. The zero-order valence-corrected chi connectivity index (χ0v) is 14.2. The fourth-order valence-electron chi connectivity index (χ4n) is 1.92. The lowest BCUT2D eigenvalue weighted by atomic mass is 10.2. The molecule has 2 aromatic rings. The van der Waals surface area contributed by atoms with E-state index in [1.54, 1.807) is 6.07 Å². The van der Waals surface area contributed by atoms with Crippen LogP contribution in [0.2, 0.25) is 0 Å². The number of rotatable bonds is 6. The minimum absolute atomic E-state index is 0.122. The number of esters is 1. The Balaban J connectivity index is 2.00. The minimum atomic E-state index is -0.462. The third-order valence-electron chi connectivity index (χ3n) is 3.18. The van der Waals surface area contributed by atoms with E-state index in [-0.39, 0.29) is 12.5 Å². The lowest BCUT2D eigenvalue weighted by Crippen LogP contribution is -2.20. The van der Waals surface area contributed by atoms with Crippen LogP contribution < -0.4 is 10.1 Å². The first-order valence-electron chi connectivity index (χ1n) is 7.23. The van der Waals surface area contributed by atoms with Gasteiger partial charge in [0.25, 0.3) is 5.91 Å². The van der Waals surface area contributed by atoms with E-state index in [1.165, 1.54) is 18.4 Å². The summed E-state index contributed by atoms with van der Waals surface area (Å²) in [6.45, 7) is 3.84. The number of carbonyl (C=O) groups excluding carboxylic acids is 2. The maximum Gasteiger partial charge on any atom is 0.340 e. The summed E-state index contributed by atoms with van der Waals surface area (Å²) < 4.78 is 10.2. The van der Waals surface area contributed by atoms with Gasteiger partial charge in [0.05, 0.1) is 12.7 Å². The average molecular weight is 333 g/mol. The molecule has 5 nitrogen and oxygen atoms in total. The Labute approximate surface area is 139 Å². The molecule has 1 aromatic heterocycles. The van der Waals surface area contributed by atoms with Gasteiger partial charge in [-0.2, -0.15) is 0 Å². The van der Waals surface area contributed by atoms with Crippen molar-refractivity contribution in [3.05, 3.63) is 46.3 Å². The third kappa shape index (κ3) is 4.56. The molecule has 122 valence electrons. The molecule has 0 fully saturated rings. The van der Waals surface area contributed by atoms with Gasteiger partial charge in [-0.3, -0.25) is 4.79 Å². The molecule has 1 heterocycles. The van der Waals surface area contributed by atoms with Crippen molar-refractivity contribution in [2.75, 3.05) is 19.0 Å². The van der Waals surface area contributed by atoms with Crippen LogP contribution in [-0.4, -0.2) is 25.6 Å². The molecule has 6 heteroatoms. The molecule has 0 aliphatic rings. The normalized spacial score (nSPS) is 10.2. The molecule has 0 atom stereocenters. The Morgan fingerprint density at radius 1 is 1.22 bits per heavy atom. The van der Waals surface area contributed by atoms with Crippen molar-refractivity contribution < 1.29 is 19.1 Å². The summed E-state index contributed by atoms with van der Waals surface area (Å²) in [7, 11) is 1.32. The summed E-state index contributed by atoms with van der Waals surface area (Å²) in [6, 6.07) is 9.18. The number of carbonyl (C=O) groups is 2. The van der Waals surface area contributed by atoms with E-state index in [4.69, 9.17) is 9.47 Å². The van der Waals surface area contributed by atoms with Crippen LogP contribution in [0.25, 0.3) is 0 Å². The second-order valence-electron chi connectivity index (χ2n) is 4.95. The van der Waals surface area contributed by atoms with E-state index < -0.39 is 5.97 Å². The maximum absolute atomic E-state index is 12.0. The van der Waals surface area contributed by atoms with Crippen molar-refractivity contribution >= 4 is 28.2 Å². The zero-order valence-electron chi connectivity index (χ0n) is 13.3. The van der Waals surface area contributed by atoms with Gasteiger partial charge in [-0.1, -0.05) is 24.6 Å². The predicted molar refractivity (Wildman–Crippen MR) is 90.3 cm³/mol. The first kappa shape index (κ1) is 17.0. The van der Waals surface area contributed by atoms with Gasteiger partial charge >= 0.3 is 5.97 Å². The number of ether oxygens (including phenoxy) is 2. The van der Waals surface area contributed by atoms with E-state index in [2.05, 4.69) is 5.32 Å². The molecule has 1 aromatic carbocycles. The van der Waals surface area contributed by atoms with Crippen molar-refractivity contribution in [3.8, 4) is 5.75 Å². The summed E-state index contributed by atoms with van der Waals surface area (Å²) in [5.74, 6) is -0.157. The number of amides is 1. The first-order chi connectivity index (χ1) is 11.0. The second kappa shape index (κ2) is 7.78. The molecule has 0 spiro atoms. The highest BCUT2D eigenvalue weighted by Gasteiger charge is 2.18. The van der Waals surface area contributed by atoms with Crippen LogP contribution in [0.3, 0.4) is 0 Å². The summed E-state index contributed by atoms with van der Waals surface area (Å²) in [5, 5.41) is 3.21. The topological polar surface area (TPSA) is 64.6 Å². The number of anilines is 1. The fraction of sp³-hybridized carbons (Fsp3) is 0.294. The van der Waals surface area contributed by atoms with Gasteiger partial charge in [-0.25, -0.2) is 4.79 Å². The molecule has 0 radical (unpaired) electrons. The van der Waals surface area contributed by atoms with Gasteiger partial charge in [0.2, 0.25) is 0 Å². The highest BCUT2D eigenvalue weighted by molar-refractivity contribution is 7.16. The number of hydrogen-bond acceptors (Lipinski definition) is 5. The van der Waals surface area contributed by atoms with E-state index in [1.807, 2.05) is 38.1 Å². The molecular weight excluding hydrogens is 314 g/mol. The van der Waals surface area contributed by atoms with Crippen molar-refractivity contribution in [2.45, 2.75) is 20.3 Å². The van der Waals surface area contributed by atoms with E-state index in [0.717, 1.165) is 16.9 Å². The van der Waals surface area contributed by atoms with Gasteiger partial charge < -0.3 is 14.8 Å². The van der Waals surface area contributed by atoms with Crippen LogP contribution in [0.4, 0.5) is 5.00 Å². The molecule has 1 N–H and O–H groups in total. The lowest BCUT2D eigenvalue weighted by molar-refractivity contribution is -0.118. The largest absolute Gasteiger partial charge is 0.484 e. The van der Waals surface area contributed by atoms with Crippen LogP contribution in [-0.2, 0) is 16.0 Å². The van der Waals surface area contributed by atoms with E-state index in [9.17, 15) is 9.59 Å². The van der Waals surface area contributed by atoms with Crippen LogP contribution >= 0.6 is 11.3 Å². The number of benzene rings is 1. The molecular formula is C17H19NO4S. The molecule has 0 unspecified atom stereocenters. The predicted octanol–water partition coefficient (Wildman–Crippen LogP) is 3.42. The lowest BCUT2D eigenvalue weighted by Gasteiger charge is -2.07. The molecule has 0 saturated heterocycles. The Hall–Kier alpha value is -2.34. The Bertz CT molecular complexity index is 691. The van der Waals surface area contributed by atoms with Crippen molar-refractivity contribution in [3.63, 3.8) is 0 Å². The average Bonchev–Trinajstić information content (AvgIpc) is 2.96. The number of hydrogen-bond donors (Lipinski definition) is 1. The molecule has 0 saturated carbocycles. The Morgan fingerprint density at radius 3 is 2.52 bits per heavy atom. The smallest absolute Gasteiger partial charge is 0.340 e. The van der Waals surface area contributed by atoms with Crippen LogP contribution in [0, 0.1) is 6.92 Å². The molecule has 23 heavy (non-hydrogen) atoms. The van der Waals surface area contributed by atoms with Gasteiger partial charge in [0.15, 0.2) is 6.61 Å². The van der Waals surface area contributed by atoms with E-state index in [0.29, 0.717) is 16.3 Å². The zero-order chi connectivity index (χ0) is 16.8. The summed E-state index contributed by atoms with van der Waals surface area (Å²) in [6.07, 6.45) is 0.782. The maximum atomic E-state index is 12.0. The monoisotopic (exact) mass is 333 g/mol. The number of aryl methyl sites for hydroxylation is 2. The van der Waals surface area contributed by atoms with Crippen LogP contribution in [0.5, 0.6) is 5.75 Å². The van der Waals surface area contributed by atoms with E-state index >= 15 is 0 Å². The standard InChI is InChI=1S/C17H19NO4S/c1-4-13-9-14(17(20)21-3)16(23-13)18-15(19)10-22-12-7-5-11(2)6-8-12/h5-9H,4,10H2,1-3H3,(H,18,19). The number of methoxy groups -OCH3 is 1. The summed E-state index contributed by atoms with van der Waals surface area (Å²) in [5.41, 5.74) is 1.49. The Kier molecular flexibility index (Phi) is 5.76. The van der Waals surface area contributed by atoms with Gasteiger partial charge in [0, 0.05) is 4.88 Å². The minimum Gasteiger partial charge on any atom is -0.484 e. The summed E-state index contributed by atoms with van der Waals surface area (Å²) in [4.78, 5) is 24.8.